The summed E-state index contributed by atoms with van der Waals surface area (Å²) in [6.07, 6.45) is 0. The highest BCUT2D eigenvalue weighted by Crippen LogP contribution is 2.09. The van der Waals surface area contributed by atoms with Crippen LogP contribution in [-0.2, 0) is 14.3 Å². The minimum absolute atomic E-state index is 0.201. The SMILES string of the molecule is CNC(=O)c1ccc(NC(=O)COC(C)=O)cc1. The van der Waals surface area contributed by atoms with E-state index in [1.165, 1.54) is 14.0 Å². The Morgan fingerprint density at radius 1 is 1.17 bits per heavy atom. The summed E-state index contributed by atoms with van der Waals surface area (Å²) in [5.74, 6) is -1.15. The summed E-state index contributed by atoms with van der Waals surface area (Å²) < 4.78 is 4.54. The molecule has 0 fully saturated rings. The molecule has 0 spiro atoms. The van der Waals surface area contributed by atoms with Gasteiger partial charge in [0.05, 0.1) is 0 Å². The lowest BCUT2D eigenvalue weighted by molar-refractivity contribution is -0.144. The summed E-state index contributed by atoms with van der Waals surface area (Å²) in [6, 6.07) is 6.35. The molecule has 2 N–H and O–H groups in total. The van der Waals surface area contributed by atoms with Crippen LogP contribution in [-0.4, -0.2) is 31.4 Å². The molecule has 0 heterocycles. The standard InChI is InChI=1S/C12H14N2O4/c1-8(15)18-7-11(16)14-10-5-3-9(4-6-10)12(17)13-2/h3-6H,7H2,1-2H3,(H,13,17)(H,14,16). The lowest BCUT2D eigenvalue weighted by atomic mass is 10.2. The lowest BCUT2D eigenvalue weighted by Gasteiger charge is -2.06. The average molecular weight is 250 g/mol. The molecule has 0 saturated heterocycles. The van der Waals surface area contributed by atoms with Gasteiger partial charge in [-0.05, 0) is 24.3 Å². The zero-order valence-electron chi connectivity index (χ0n) is 10.1. The van der Waals surface area contributed by atoms with Crippen molar-refractivity contribution in [1.29, 1.82) is 0 Å². The zero-order chi connectivity index (χ0) is 13.5. The van der Waals surface area contributed by atoms with Gasteiger partial charge in [-0.25, -0.2) is 0 Å². The van der Waals surface area contributed by atoms with E-state index < -0.39 is 11.9 Å². The highest BCUT2D eigenvalue weighted by atomic mass is 16.5. The molecular formula is C12H14N2O4. The van der Waals surface area contributed by atoms with E-state index in [9.17, 15) is 14.4 Å². The van der Waals surface area contributed by atoms with Crippen LogP contribution in [0.5, 0.6) is 0 Å². The first-order valence-corrected chi connectivity index (χ1v) is 5.28. The smallest absolute Gasteiger partial charge is 0.303 e. The molecule has 1 rings (SSSR count). The fourth-order valence-corrected chi connectivity index (χ4v) is 1.21. The molecule has 0 aromatic heterocycles. The summed E-state index contributed by atoms with van der Waals surface area (Å²) in [5.41, 5.74) is 1.02. The molecule has 0 atom stereocenters. The fourth-order valence-electron chi connectivity index (χ4n) is 1.21. The number of esters is 1. The Hall–Kier alpha value is -2.37. The molecular weight excluding hydrogens is 236 g/mol. The number of ether oxygens (including phenoxy) is 1. The molecule has 0 unspecified atom stereocenters. The second-order valence-corrected chi connectivity index (χ2v) is 3.48. The third-order valence-corrected chi connectivity index (χ3v) is 2.06. The van der Waals surface area contributed by atoms with Gasteiger partial charge >= 0.3 is 5.97 Å². The molecule has 6 nitrogen and oxygen atoms in total. The van der Waals surface area contributed by atoms with E-state index in [0.717, 1.165) is 0 Å². The number of benzene rings is 1. The van der Waals surface area contributed by atoms with Crippen molar-refractivity contribution in [3.05, 3.63) is 29.8 Å². The number of rotatable bonds is 4. The number of amides is 2. The number of anilines is 1. The molecule has 6 heteroatoms. The molecule has 1 aromatic rings. The van der Waals surface area contributed by atoms with Crippen molar-refractivity contribution in [3.8, 4) is 0 Å². The highest BCUT2D eigenvalue weighted by Gasteiger charge is 2.06. The molecule has 96 valence electrons. The van der Waals surface area contributed by atoms with E-state index in [-0.39, 0.29) is 12.5 Å². The predicted molar refractivity (Wildman–Crippen MR) is 65.1 cm³/mol. The Labute approximate surface area is 104 Å². The third kappa shape index (κ3) is 4.25. The normalized spacial score (nSPS) is 9.44. The Morgan fingerprint density at radius 2 is 1.78 bits per heavy atom. The van der Waals surface area contributed by atoms with Crippen LogP contribution >= 0.6 is 0 Å². The maximum Gasteiger partial charge on any atom is 0.303 e. The Morgan fingerprint density at radius 3 is 2.28 bits per heavy atom. The van der Waals surface area contributed by atoms with E-state index in [2.05, 4.69) is 15.4 Å². The molecule has 2 amide bonds. The van der Waals surface area contributed by atoms with Gasteiger partial charge in [0.2, 0.25) is 0 Å². The molecule has 0 bridgehead atoms. The maximum absolute atomic E-state index is 11.3. The van der Waals surface area contributed by atoms with Crippen LogP contribution in [0.3, 0.4) is 0 Å². The predicted octanol–water partition coefficient (Wildman–Crippen LogP) is 0.548. The minimum atomic E-state index is -0.514. The highest BCUT2D eigenvalue weighted by molar-refractivity contribution is 5.96. The quantitative estimate of drug-likeness (QED) is 0.764. The number of hydrogen-bond acceptors (Lipinski definition) is 4. The maximum atomic E-state index is 11.3. The summed E-state index contributed by atoms with van der Waals surface area (Å²) in [4.78, 5) is 33.1. The van der Waals surface area contributed by atoms with Gasteiger partial charge in [0.15, 0.2) is 6.61 Å². The molecule has 0 aliphatic rings. The van der Waals surface area contributed by atoms with Crippen molar-refractivity contribution >= 4 is 23.5 Å². The number of carbonyl (C=O) groups excluding carboxylic acids is 3. The summed E-state index contributed by atoms with van der Waals surface area (Å²) in [5, 5.41) is 5.02. The van der Waals surface area contributed by atoms with E-state index in [1.54, 1.807) is 24.3 Å². The number of carbonyl (C=O) groups is 3. The number of nitrogens with one attached hydrogen (secondary N) is 2. The summed E-state index contributed by atoms with van der Waals surface area (Å²) in [6.45, 7) is 0.901. The van der Waals surface area contributed by atoms with E-state index in [4.69, 9.17) is 0 Å². The van der Waals surface area contributed by atoms with Gasteiger partial charge in [0.1, 0.15) is 0 Å². The van der Waals surface area contributed by atoms with Crippen LogP contribution in [0.1, 0.15) is 17.3 Å². The van der Waals surface area contributed by atoms with Gasteiger partial charge < -0.3 is 15.4 Å². The second-order valence-electron chi connectivity index (χ2n) is 3.48. The zero-order valence-corrected chi connectivity index (χ0v) is 10.1. The van der Waals surface area contributed by atoms with Gasteiger partial charge in [0.25, 0.3) is 11.8 Å². The van der Waals surface area contributed by atoms with Gasteiger partial charge in [-0.15, -0.1) is 0 Å². The van der Waals surface area contributed by atoms with Crippen LogP contribution in [0.15, 0.2) is 24.3 Å². The first kappa shape index (κ1) is 13.7. The molecule has 0 radical (unpaired) electrons. The van der Waals surface area contributed by atoms with Gasteiger partial charge in [-0.3, -0.25) is 14.4 Å². The van der Waals surface area contributed by atoms with Crippen LogP contribution in [0.4, 0.5) is 5.69 Å². The van der Waals surface area contributed by atoms with Crippen LogP contribution < -0.4 is 10.6 Å². The van der Waals surface area contributed by atoms with Crippen molar-refractivity contribution in [1.82, 2.24) is 5.32 Å². The van der Waals surface area contributed by atoms with Crippen molar-refractivity contribution in [2.24, 2.45) is 0 Å². The van der Waals surface area contributed by atoms with Crippen LogP contribution in [0, 0.1) is 0 Å². The van der Waals surface area contributed by atoms with Crippen molar-refractivity contribution in [2.45, 2.75) is 6.92 Å². The van der Waals surface area contributed by atoms with Crippen molar-refractivity contribution in [3.63, 3.8) is 0 Å². The summed E-state index contributed by atoms with van der Waals surface area (Å²) >= 11 is 0. The fraction of sp³-hybridized carbons (Fsp3) is 0.250. The van der Waals surface area contributed by atoms with Gasteiger partial charge in [0, 0.05) is 25.2 Å². The van der Waals surface area contributed by atoms with E-state index in [0.29, 0.717) is 11.3 Å². The van der Waals surface area contributed by atoms with Crippen LogP contribution in [0.25, 0.3) is 0 Å². The van der Waals surface area contributed by atoms with Gasteiger partial charge in [-0.2, -0.15) is 0 Å². The minimum Gasteiger partial charge on any atom is -0.456 e. The topological polar surface area (TPSA) is 84.5 Å². The largest absolute Gasteiger partial charge is 0.456 e. The van der Waals surface area contributed by atoms with Crippen molar-refractivity contribution in [2.75, 3.05) is 19.0 Å². The molecule has 0 saturated carbocycles. The van der Waals surface area contributed by atoms with Crippen molar-refractivity contribution < 1.29 is 19.1 Å². The first-order valence-electron chi connectivity index (χ1n) is 5.28. The lowest BCUT2D eigenvalue weighted by Crippen LogP contribution is -2.20. The van der Waals surface area contributed by atoms with Crippen LogP contribution in [0.2, 0.25) is 0 Å². The van der Waals surface area contributed by atoms with Gasteiger partial charge in [-0.1, -0.05) is 0 Å². The molecule has 0 aliphatic carbocycles. The number of hydrogen-bond donors (Lipinski definition) is 2. The first-order chi connectivity index (χ1) is 8.52. The third-order valence-electron chi connectivity index (χ3n) is 2.06. The summed E-state index contributed by atoms with van der Waals surface area (Å²) in [7, 11) is 1.54. The molecule has 1 aromatic carbocycles. The van der Waals surface area contributed by atoms with E-state index >= 15 is 0 Å². The molecule has 0 aliphatic heterocycles. The Balaban J connectivity index is 2.55. The second kappa shape index (κ2) is 6.39. The average Bonchev–Trinajstić information content (AvgIpc) is 2.36. The Bertz CT molecular complexity index is 454. The monoisotopic (exact) mass is 250 g/mol. The Kier molecular flexibility index (Phi) is 4.86. The van der Waals surface area contributed by atoms with E-state index in [1.807, 2.05) is 0 Å². The molecule has 18 heavy (non-hydrogen) atoms.